The molecule has 0 amide bonds. The number of nitrogens with zero attached hydrogens (tertiary/aromatic N) is 5. The monoisotopic (exact) mass is 346 g/mol. The van der Waals surface area contributed by atoms with Gasteiger partial charge < -0.3 is 9.30 Å². The van der Waals surface area contributed by atoms with Gasteiger partial charge in [0.2, 0.25) is 5.78 Å². The number of hydrogen-bond acceptors (Lipinski definition) is 5. The standard InChI is InChI=1S/C16H22N6O3/c1-11-10-22-12-13(19(2)16(24)18-14(12)23)17-15(22)21(11)5-3-4-20-6-8-25-9-7-20/h10H,3-9H2,1-2H3,(H,18,23,24). The van der Waals surface area contributed by atoms with E-state index in [1.54, 1.807) is 11.4 Å². The van der Waals surface area contributed by atoms with E-state index in [-0.39, 0.29) is 0 Å². The molecule has 0 unspecified atom stereocenters. The van der Waals surface area contributed by atoms with Crippen LogP contribution in [0.1, 0.15) is 12.1 Å². The Morgan fingerprint density at radius 1 is 1.24 bits per heavy atom. The fourth-order valence-electron chi connectivity index (χ4n) is 3.47. The molecular weight excluding hydrogens is 324 g/mol. The number of aromatic amines is 1. The molecule has 0 spiro atoms. The van der Waals surface area contributed by atoms with E-state index in [2.05, 4.69) is 19.4 Å². The summed E-state index contributed by atoms with van der Waals surface area (Å²) in [6.45, 7) is 7.38. The van der Waals surface area contributed by atoms with Crippen molar-refractivity contribution in [2.75, 3.05) is 32.8 Å². The van der Waals surface area contributed by atoms with Gasteiger partial charge in [-0.3, -0.25) is 23.6 Å². The van der Waals surface area contributed by atoms with Crippen LogP contribution in [0.2, 0.25) is 0 Å². The molecule has 0 saturated carbocycles. The van der Waals surface area contributed by atoms with Gasteiger partial charge in [-0.2, -0.15) is 4.98 Å². The molecule has 134 valence electrons. The SMILES string of the molecule is Cc1cn2c3c(=O)[nH]c(=O)n(C)c3nc2n1CCCN1CCOCC1. The number of morpholine rings is 1. The molecule has 9 nitrogen and oxygen atoms in total. The highest BCUT2D eigenvalue weighted by Gasteiger charge is 2.17. The second-order valence-corrected chi connectivity index (χ2v) is 6.50. The van der Waals surface area contributed by atoms with Gasteiger partial charge in [0.25, 0.3) is 5.56 Å². The predicted molar refractivity (Wildman–Crippen MR) is 93.2 cm³/mol. The van der Waals surface area contributed by atoms with E-state index >= 15 is 0 Å². The zero-order chi connectivity index (χ0) is 17.6. The average Bonchev–Trinajstić information content (AvgIpc) is 3.10. The number of aryl methyl sites for hydroxylation is 3. The number of nitrogens with one attached hydrogen (secondary N) is 1. The fourth-order valence-corrected chi connectivity index (χ4v) is 3.47. The van der Waals surface area contributed by atoms with Crippen molar-refractivity contribution >= 4 is 16.9 Å². The highest BCUT2D eigenvalue weighted by atomic mass is 16.5. The first-order chi connectivity index (χ1) is 12.1. The lowest BCUT2D eigenvalue weighted by Gasteiger charge is -2.26. The van der Waals surface area contributed by atoms with Crippen LogP contribution >= 0.6 is 0 Å². The van der Waals surface area contributed by atoms with Gasteiger partial charge in [-0.1, -0.05) is 0 Å². The van der Waals surface area contributed by atoms with Gasteiger partial charge >= 0.3 is 5.69 Å². The molecule has 1 aliphatic heterocycles. The molecule has 3 aromatic rings. The topological polar surface area (TPSA) is 89.6 Å². The molecule has 0 aliphatic carbocycles. The Morgan fingerprint density at radius 3 is 2.76 bits per heavy atom. The Morgan fingerprint density at radius 2 is 2.00 bits per heavy atom. The summed E-state index contributed by atoms with van der Waals surface area (Å²) in [5.41, 5.74) is 1.00. The molecule has 4 rings (SSSR count). The predicted octanol–water partition coefficient (Wildman–Crippen LogP) is -0.293. The van der Waals surface area contributed by atoms with E-state index < -0.39 is 11.2 Å². The second-order valence-electron chi connectivity index (χ2n) is 6.50. The van der Waals surface area contributed by atoms with Crippen molar-refractivity contribution < 1.29 is 4.74 Å². The quantitative estimate of drug-likeness (QED) is 0.701. The van der Waals surface area contributed by atoms with Crippen molar-refractivity contribution in [2.24, 2.45) is 7.05 Å². The maximum atomic E-state index is 12.2. The molecule has 4 heterocycles. The summed E-state index contributed by atoms with van der Waals surface area (Å²) in [5, 5.41) is 0. The lowest BCUT2D eigenvalue weighted by molar-refractivity contribution is 0.0369. The summed E-state index contributed by atoms with van der Waals surface area (Å²) in [4.78, 5) is 33.3. The molecule has 0 atom stereocenters. The van der Waals surface area contributed by atoms with E-state index in [1.807, 2.05) is 13.1 Å². The van der Waals surface area contributed by atoms with Crippen molar-refractivity contribution in [2.45, 2.75) is 19.9 Å². The fraction of sp³-hybridized carbons (Fsp3) is 0.562. The smallest absolute Gasteiger partial charge is 0.329 e. The molecule has 25 heavy (non-hydrogen) atoms. The summed E-state index contributed by atoms with van der Waals surface area (Å²) in [6, 6.07) is 0. The number of fused-ring (bicyclic) bond motifs is 3. The minimum absolute atomic E-state index is 0.406. The van der Waals surface area contributed by atoms with Gasteiger partial charge in [0.05, 0.1) is 13.2 Å². The molecule has 1 aliphatic rings. The van der Waals surface area contributed by atoms with Crippen molar-refractivity contribution in [3.05, 3.63) is 32.7 Å². The van der Waals surface area contributed by atoms with E-state index in [4.69, 9.17) is 4.74 Å². The Balaban J connectivity index is 1.67. The summed E-state index contributed by atoms with van der Waals surface area (Å²) in [7, 11) is 1.61. The van der Waals surface area contributed by atoms with Gasteiger partial charge in [0.15, 0.2) is 11.2 Å². The van der Waals surface area contributed by atoms with E-state index in [0.29, 0.717) is 16.9 Å². The normalized spacial score (nSPS) is 16.2. The lowest BCUT2D eigenvalue weighted by atomic mass is 10.3. The van der Waals surface area contributed by atoms with E-state index in [9.17, 15) is 9.59 Å². The van der Waals surface area contributed by atoms with Crippen molar-refractivity contribution in [1.82, 2.24) is 28.4 Å². The maximum Gasteiger partial charge on any atom is 0.329 e. The summed E-state index contributed by atoms with van der Waals surface area (Å²) < 4.78 is 10.6. The summed E-state index contributed by atoms with van der Waals surface area (Å²) >= 11 is 0. The largest absolute Gasteiger partial charge is 0.379 e. The third-order valence-electron chi connectivity index (χ3n) is 4.87. The minimum atomic E-state index is -0.450. The van der Waals surface area contributed by atoms with Gasteiger partial charge in [-0.25, -0.2) is 4.79 Å². The van der Waals surface area contributed by atoms with Crippen LogP contribution in [0.4, 0.5) is 0 Å². The molecule has 1 fully saturated rings. The minimum Gasteiger partial charge on any atom is -0.379 e. The zero-order valence-corrected chi connectivity index (χ0v) is 14.5. The lowest BCUT2D eigenvalue weighted by Crippen LogP contribution is -2.37. The number of aromatic nitrogens is 5. The van der Waals surface area contributed by atoms with Crippen LogP contribution in [0.25, 0.3) is 16.9 Å². The number of rotatable bonds is 4. The maximum absolute atomic E-state index is 12.2. The van der Waals surface area contributed by atoms with Crippen LogP contribution in [-0.4, -0.2) is 61.3 Å². The Kier molecular flexibility index (Phi) is 3.97. The van der Waals surface area contributed by atoms with E-state index in [1.165, 1.54) is 4.57 Å². The Hall–Kier alpha value is -2.39. The number of ether oxygens (including phenoxy) is 1. The Bertz CT molecular complexity index is 1030. The third-order valence-corrected chi connectivity index (χ3v) is 4.87. The first kappa shape index (κ1) is 16.1. The van der Waals surface area contributed by atoms with Crippen LogP contribution in [0.15, 0.2) is 15.8 Å². The van der Waals surface area contributed by atoms with Crippen LogP contribution in [-0.2, 0) is 18.3 Å². The number of hydrogen-bond donors (Lipinski definition) is 1. The third kappa shape index (κ3) is 2.69. The first-order valence-corrected chi connectivity index (χ1v) is 8.53. The van der Waals surface area contributed by atoms with Crippen LogP contribution in [0.3, 0.4) is 0 Å². The van der Waals surface area contributed by atoms with E-state index in [0.717, 1.165) is 51.5 Å². The molecule has 0 bridgehead atoms. The first-order valence-electron chi connectivity index (χ1n) is 8.53. The molecule has 1 N–H and O–H groups in total. The van der Waals surface area contributed by atoms with Crippen LogP contribution in [0, 0.1) is 6.92 Å². The van der Waals surface area contributed by atoms with Crippen LogP contribution < -0.4 is 11.2 Å². The molecule has 0 radical (unpaired) electrons. The Labute approximate surface area is 143 Å². The number of imidazole rings is 2. The zero-order valence-electron chi connectivity index (χ0n) is 14.5. The molecule has 1 saturated heterocycles. The molecule has 3 aromatic heterocycles. The van der Waals surface area contributed by atoms with Crippen LogP contribution in [0.5, 0.6) is 0 Å². The van der Waals surface area contributed by atoms with Gasteiger partial charge in [-0.15, -0.1) is 0 Å². The van der Waals surface area contributed by atoms with Gasteiger partial charge in [0.1, 0.15) is 0 Å². The summed E-state index contributed by atoms with van der Waals surface area (Å²) in [6.07, 6.45) is 2.89. The highest BCUT2D eigenvalue weighted by Crippen LogP contribution is 2.16. The second kappa shape index (κ2) is 6.16. The average molecular weight is 346 g/mol. The van der Waals surface area contributed by atoms with Crippen molar-refractivity contribution in [3.8, 4) is 0 Å². The van der Waals surface area contributed by atoms with Gasteiger partial charge in [-0.05, 0) is 13.3 Å². The molecule has 9 heteroatoms. The highest BCUT2D eigenvalue weighted by molar-refractivity contribution is 5.75. The summed E-state index contributed by atoms with van der Waals surface area (Å²) in [5.74, 6) is 0.696. The molecule has 0 aromatic carbocycles. The molecular formula is C16H22N6O3. The number of H-pyrrole nitrogens is 1. The van der Waals surface area contributed by atoms with Gasteiger partial charge in [0, 0.05) is 45.1 Å². The van der Waals surface area contributed by atoms with Crippen molar-refractivity contribution in [1.29, 1.82) is 0 Å². The van der Waals surface area contributed by atoms with Crippen molar-refractivity contribution in [3.63, 3.8) is 0 Å².